The van der Waals surface area contributed by atoms with Gasteiger partial charge in [0, 0.05) is 12.6 Å². The van der Waals surface area contributed by atoms with E-state index in [2.05, 4.69) is 11.3 Å². The summed E-state index contributed by atoms with van der Waals surface area (Å²) in [5, 5.41) is 10.6. The van der Waals surface area contributed by atoms with Gasteiger partial charge in [0.1, 0.15) is 10.6 Å². The highest BCUT2D eigenvalue weighted by Crippen LogP contribution is 2.28. The number of hydrogen-bond acceptors (Lipinski definition) is 5. The lowest BCUT2D eigenvalue weighted by molar-refractivity contribution is -0.385. The number of benzene rings is 1. The van der Waals surface area contributed by atoms with Crippen molar-refractivity contribution in [3.63, 3.8) is 0 Å². The molecule has 19 heavy (non-hydrogen) atoms. The first-order chi connectivity index (χ1) is 8.92. The van der Waals surface area contributed by atoms with Crippen LogP contribution in [0, 0.1) is 10.1 Å². The van der Waals surface area contributed by atoms with Gasteiger partial charge in [-0.05, 0) is 12.5 Å². The van der Waals surface area contributed by atoms with Crippen LogP contribution in [0.4, 0.5) is 5.69 Å². The molecule has 0 aliphatic carbocycles. The summed E-state index contributed by atoms with van der Waals surface area (Å²) >= 11 is 0. The van der Waals surface area contributed by atoms with Crippen molar-refractivity contribution in [1.82, 2.24) is 4.72 Å². The maximum absolute atomic E-state index is 12.0. The van der Waals surface area contributed by atoms with Crippen molar-refractivity contribution in [2.24, 2.45) is 0 Å². The summed E-state index contributed by atoms with van der Waals surface area (Å²) in [5.41, 5.74) is -0.234. The molecule has 0 unspecified atom stereocenters. The molecule has 7 nitrogen and oxygen atoms in total. The molecule has 0 spiro atoms. The van der Waals surface area contributed by atoms with Crippen molar-refractivity contribution < 1.29 is 18.1 Å². The van der Waals surface area contributed by atoms with E-state index in [-0.39, 0.29) is 22.9 Å². The Morgan fingerprint density at radius 1 is 1.53 bits per heavy atom. The minimum atomic E-state index is -3.76. The smallest absolute Gasteiger partial charge is 0.273 e. The summed E-state index contributed by atoms with van der Waals surface area (Å²) < 4.78 is 31.2. The molecule has 1 rings (SSSR count). The lowest BCUT2D eigenvalue weighted by Gasteiger charge is -2.09. The van der Waals surface area contributed by atoms with Crippen LogP contribution < -0.4 is 9.46 Å². The maximum Gasteiger partial charge on any atom is 0.273 e. The monoisotopic (exact) mass is 286 g/mol. The first-order valence-electron chi connectivity index (χ1n) is 5.35. The third-order valence-electron chi connectivity index (χ3n) is 2.29. The van der Waals surface area contributed by atoms with E-state index in [0.717, 1.165) is 18.2 Å². The summed E-state index contributed by atoms with van der Waals surface area (Å²) in [6.45, 7) is 3.68. The Bertz CT molecular complexity index is 583. The molecule has 0 aromatic heterocycles. The van der Waals surface area contributed by atoms with E-state index in [1.165, 1.54) is 7.11 Å². The molecular weight excluding hydrogens is 272 g/mol. The Labute approximate surface area is 111 Å². The number of hydrogen-bond donors (Lipinski definition) is 1. The summed E-state index contributed by atoms with van der Waals surface area (Å²) in [7, 11) is -2.51. The normalized spacial score (nSPS) is 11.0. The fourth-order valence-electron chi connectivity index (χ4n) is 1.36. The number of nitro benzene ring substituents is 1. The summed E-state index contributed by atoms with van der Waals surface area (Å²) in [4.78, 5) is 9.86. The topological polar surface area (TPSA) is 98.5 Å². The number of rotatable bonds is 7. The average molecular weight is 286 g/mol. The fraction of sp³-hybridized carbons (Fsp3) is 0.273. The maximum atomic E-state index is 12.0. The van der Waals surface area contributed by atoms with Gasteiger partial charge in [0.15, 0.2) is 0 Å². The second-order valence-electron chi connectivity index (χ2n) is 3.57. The SMILES string of the molecule is C=CCCNS(=O)(=O)c1ccc([N+](=O)[O-])cc1OC. The van der Waals surface area contributed by atoms with Crippen LogP contribution in [0.15, 0.2) is 35.7 Å². The summed E-state index contributed by atoms with van der Waals surface area (Å²) in [5.74, 6) is -0.0692. The highest BCUT2D eigenvalue weighted by Gasteiger charge is 2.21. The van der Waals surface area contributed by atoms with Crippen LogP contribution in [0.2, 0.25) is 0 Å². The first-order valence-corrected chi connectivity index (χ1v) is 6.83. The Kier molecular flexibility index (Phi) is 5.02. The molecule has 1 N–H and O–H groups in total. The molecule has 0 saturated heterocycles. The predicted molar refractivity (Wildman–Crippen MR) is 69.7 cm³/mol. The van der Waals surface area contributed by atoms with Gasteiger partial charge in [0.25, 0.3) is 5.69 Å². The third-order valence-corrected chi connectivity index (χ3v) is 3.79. The van der Waals surface area contributed by atoms with E-state index < -0.39 is 14.9 Å². The van der Waals surface area contributed by atoms with Crippen molar-refractivity contribution in [2.75, 3.05) is 13.7 Å². The van der Waals surface area contributed by atoms with Gasteiger partial charge in [-0.2, -0.15) is 0 Å². The fourth-order valence-corrected chi connectivity index (χ4v) is 2.56. The average Bonchev–Trinajstić information content (AvgIpc) is 2.38. The molecule has 8 heteroatoms. The largest absolute Gasteiger partial charge is 0.495 e. The Balaban J connectivity index is 3.12. The number of nitro groups is 1. The van der Waals surface area contributed by atoms with Crippen LogP contribution in [-0.4, -0.2) is 27.0 Å². The molecule has 0 amide bonds. The van der Waals surface area contributed by atoms with Crippen molar-refractivity contribution in [3.05, 3.63) is 41.0 Å². The number of nitrogens with zero attached hydrogens (tertiary/aromatic N) is 1. The van der Waals surface area contributed by atoms with Crippen LogP contribution in [-0.2, 0) is 10.0 Å². The van der Waals surface area contributed by atoms with Gasteiger partial charge in [-0.15, -0.1) is 6.58 Å². The molecule has 104 valence electrons. The molecule has 1 aromatic rings. The second-order valence-corrected chi connectivity index (χ2v) is 5.30. The Morgan fingerprint density at radius 2 is 2.21 bits per heavy atom. The van der Waals surface area contributed by atoms with Gasteiger partial charge in [-0.3, -0.25) is 10.1 Å². The molecule has 0 bridgehead atoms. The van der Waals surface area contributed by atoms with Crippen molar-refractivity contribution >= 4 is 15.7 Å². The van der Waals surface area contributed by atoms with Crippen molar-refractivity contribution in [3.8, 4) is 5.75 Å². The zero-order valence-electron chi connectivity index (χ0n) is 10.3. The molecule has 0 aliphatic rings. The number of non-ortho nitro benzene ring substituents is 1. The third kappa shape index (κ3) is 3.76. The summed E-state index contributed by atoms with van der Waals surface area (Å²) in [6.07, 6.45) is 2.06. The van der Waals surface area contributed by atoms with Gasteiger partial charge in [0.2, 0.25) is 10.0 Å². The zero-order chi connectivity index (χ0) is 14.5. The van der Waals surface area contributed by atoms with Gasteiger partial charge < -0.3 is 4.74 Å². The van der Waals surface area contributed by atoms with Crippen LogP contribution in [0.3, 0.4) is 0 Å². The first kappa shape index (κ1) is 15.1. The number of ether oxygens (including phenoxy) is 1. The van der Waals surface area contributed by atoms with E-state index in [4.69, 9.17) is 4.74 Å². The van der Waals surface area contributed by atoms with E-state index in [1.54, 1.807) is 6.08 Å². The van der Waals surface area contributed by atoms with Gasteiger partial charge in [-0.25, -0.2) is 13.1 Å². The van der Waals surface area contributed by atoms with E-state index in [9.17, 15) is 18.5 Å². The van der Waals surface area contributed by atoms with E-state index in [1.807, 2.05) is 0 Å². The van der Waals surface area contributed by atoms with E-state index in [0.29, 0.717) is 6.42 Å². The quantitative estimate of drug-likeness (QED) is 0.354. The molecule has 0 heterocycles. The minimum Gasteiger partial charge on any atom is -0.495 e. The predicted octanol–water partition coefficient (Wildman–Crippen LogP) is 1.46. The number of nitrogens with one attached hydrogen (secondary N) is 1. The number of sulfonamides is 1. The highest BCUT2D eigenvalue weighted by molar-refractivity contribution is 7.89. The Morgan fingerprint density at radius 3 is 2.74 bits per heavy atom. The standard InChI is InChI=1S/C11H14N2O5S/c1-3-4-7-12-19(16,17)11-6-5-9(13(14)15)8-10(11)18-2/h3,5-6,8,12H,1,4,7H2,2H3. The van der Waals surface area contributed by atoms with Crippen LogP contribution in [0.1, 0.15) is 6.42 Å². The molecule has 0 fully saturated rings. The van der Waals surface area contributed by atoms with Crippen LogP contribution >= 0.6 is 0 Å². The lowest BCUT2D eigenvalue weighted by Crippen LogP contribution is -2.25. The van der Waals surface area contributed by atoms with Gasteiger partial charge in [0.05, 0.1) is 18.1 Å². The van der Waals surface area contributed by atoms with Crippen molar-refractivity contribution in [2.45, 2.75) is 11.3 Å². The van der Waals surface area contributed by atoms with Crippen LogP contribution in [0.5, 0.6) is 5.75 Å². The van der Waals surface area contributed by atoms with E-state index >= 15 is 0 Å². The van der Waals surface area contributed by atoms with Crippen LogP contribution in [0.25, 0.3) is 0 Å². The molecule has 0 radical (unpaired) electrons. The second kappa shape index (κ2) is 6.30. The molecule has 0 saturated carbocycles. The Hall–Kier alpha value is -1.93. The summed E-state index contributed by atoms with van der Waals surface area (Å²) in [6, 6.07) is 3.33. The molecule has 0 atom stereocenters. The number of methoxy groups -OCH3 is 1. The van der Waals surface area contributed by atoms with Gasteiger partial charge in [-0.1, -0.05) is 6.08 Å². The zero-order valence-corrected chi connectivity index (χ0v) is 11.1. The molecule has 0 aliphatic heterocycles. The minimum absolute atomic E-state index is 0.0692. The highest BCUT2D eigenvalue weighted by atomic mass is 32.2. The lowest BCUT2D eigenvalue weighted by atomic mass is 10.3. The molecule has 1 aromatic carbocycles. The van der Waals surface area contributed by atoms with Crippen molar-refractivity contribution in [1.29, 1.82) is 0 Å². The van der Waals surface area contributed by atoms with Gasteiger partial charge >= 0.3 is 0 Å². The molecular formula is C11H14N2O5S.